The maximum atomic E-state index is 10.8. The molecule has 1 aliphatic heterocycles. The topological polar surface area (TPSA) is 87.3 Å². The summed E-state index contributed by atoms with van der Waals surface area (Å²) in [6.45, 7) is 5.68. The lowest BCUT2D eigenvalue weighted by atomic mass is 10.0. The predicted octanol–water partition coefficient (Wildman–Crippen LogP) is 4.09. The first-order valence-electron chi connectivity index (χ1n) is 10.9. The van der Waals surface area contributed by atoms with Crippen LogP contribution in [-0.4, -0.2) is 45.2 Å². The van der Waals surface area contributed by atoms with Gasteiger partial charge >= 0.3 is 0 Å². The number of hydrogen-bond acceptors (Lipinski definition) is 7. The maximum absolute atomic E-state index is 10.8. The second-order valence-electron chi connectivity index (χ2n) is 8.75. The average Bonchev–Trinajstić information content (AvgIpc) is 3.32. The van der Waals surface area contributed by atoms with Crippen LogP contribution in [0.15, 0.2) is 34.7 Å². The number of pyridine rings is 2. The summed E-state index contributed by atoms with van der Waals surface area (Å²) in [5.74, 6) is 1.76. The van der Waals surface area contributed by atoms with Crippen LogP contribution in [0.25, 0.3) is 33.4 Å². The van der Waals surface area contributed by atoms with Crippen LogP contribution in [0.4, 0.5) is 5.82 Å². The molecule has 0 radical (unpaired) electrons. The number of rotatable bonds is 4. The Morgan fingerprint density at radius 1 is 1.00 bits per heavy atom. The lowest BCUT2D eigenvalue weighted by Crippen LogP contribution is -2.34. The van der Waals surface area contributed by atoms with E-state index in [4.69, 9.17) is 14.4 Å². The molecule has 1 atom stereocenters. The van der Waals surface area contributed by atoms with Crippen molar-refractivity contribution in [2.75, 3.05) is 18.0 Å². The van der Waals surface area contributed by atoms with E-state index in [1.54, 1.807) is 6.92 Å². The van der Waals surface area contributed by atoms with Crippen molar-refractivity contribution in [2.24, 2.45) is 0 Å². The molecule has 1 aromatic carbocycles. The van der Waals surface area contributed by atoms with Crippen LogP contribution in [-0.2, 0) is 0 Å². The summed E-state index contributed by atoms with van der Waals surface area (Å²) >= 11 is 0. The minimum absolute atomic E-state index is 0.184. The van der Waals surface area contributed by atoms with E-state index >= 15 is 0 Å². The number of fused-ring (bicyclic) bond motifs is 2. The Kier molecular flexibility index (Phi) is 4.14. The Labute approximate surface area is 180 Å². The van der Waals surface area contributed by atoms with Crippen molar-refractivity contribution in [3.8, 4) is 17.0 Å². The quantitative estimate of drug-likeness (QED) is 0.519. The van der Waals surface area contributed by atoms with E-state index < -0.39 is 0 Å². The van der Waals surface area contributed by atoms with Crippen LogP contribution < -0.4 is 10.2 Å². The van der Waals surface area contributed by atoms with E-state index in [2.05, 4.69) is 15.2 Å². The third-order valence-electron chi connectivity index (χ3n) is 6.37. The number of aromatic hydroxyl groups is 1. The van der Waals surface area contributed by atoms with Gasteiger partial charge in [-0.15, -0.1) is 0 Å². The van der Waals surface area contributed by atoms with E-state index in [1.165, 1.54) is 12.8 Å². The lowest BCUT2D eigenvalue weighted by Gasteiger charge is -2.18. The molecule has 6 rings (SSSR count). The van der Waals surface area contributed by atoms with Gasteiger partial charge in [-0.1, -0.05) is 0 Å². The van der Waals surface area contributed by atoms with Crippen LogP contribution in [0.3, 0.4) is 0 Å². The van der Waals surface area contributed by atoms with E-state index in [9.17, 15) is 5.11 Å². The van der Waals surface area contributed by atoms with Gasteiger partial charge in [-0.2, -0.15) is 0 Å². The summed E-state index contributed by atoms with van der Waals surface area (Å²) in [5.41, 5.74) is 5.02. The number of aromatic nitrogens is 3. The van der Waals surface area contributed by atoms with Crippen molar-refractivity contribution >= 4 is 28.0 Å². The van der Waals surface area contributed by atoms with Crippen molar-refractivity contribution in [1.82, 2.24) is 20.3 Å². The van der Waals surface area contributed by atoms with E-state index in [0.29, 0.717) is 39.9 Å². The Balaban J connectivity index is 1.32. The number of phenolic OH excluding ortho intramolecular Hbond substituents is 1. The van der Waals surface area contributed by atoms with Crippen LogP contribution in [0.2, 0.25) is 0 Å². The lowest BCUT2D eigenvalue weighted by molar-refractivity contribution is 0.473. The molecular weight excluding hydrogens is 390 g/mol. The number of hydrogen-bond donors (Lipinski definition) is 2. The van der Waals surface area contributed by atoms with Gasteiger partial charge in [0.1, 0.15) is 17.1 Å². The van der Waals surface area contributed by atoms with Gasteiger partial charge in [0.25, 0.3) is 0 Å². The molecule has 1 saturated heterocycles. The minimum Gasteiger partial charge on any atom is -0.507 e. The number of oxazole rings is 1. The highest BCUT2D eigenvalue weighted by molar-refractivity contribution is 5.89. The molecule has 1 aliphatic carbocycles. The fraction of sp³-hybridized carbons (Fsp3) is 0.375. The summed E-state index contributed by atoms with van der Waals surface area (Å²) in [5, 5.41) is 14.5. The molecule has 0 spiro atoms. The van der Waals surface area contributed by atoms with Crippen LogP contribution in [0, 0.1) is 13.8 Å². The highest BCUT2D eigenvalue weighted by Gasteiger charge is 2.29. The maximum Gasteiger partial charge on any atom is 0.192 e. The van der Waals surface area contributed by atoms with Crippen molar-refractivity contribution in [1.29, 1.82) is 0 Å². The van der Waals surface area contributed by atoms with Crippen molar-refractivity contribution in [3.05, 3.63) is 41.8 Å². The minimum atomic E-state index is 0.184. The highest BCUT2D eigenvalue weighted by Crippen LogP contribution is 2.37. The van der Waals surface area contributed by atoms with Gasteiger partial charge in [-0.3, -0.25) is 0 Å². The van der Waals surface area contributed by atoms with Gasteiger partial charge in [0.05, 0.1) is 16.7 Å². The first-order chi connectivity index (χ1) is 15.0. The molecule has 7 nitrogen and oxygen atoms in total. The van der Waals surface area contributed by atoms with E-state index in [1.807, 2.05) is 37.3 Å². The molecule has 4 heterocycles. The zero-order valence-corrected chi connectivity index (χ0v) is 17.7. The molecule has 4 aromatic rings. The standard InChI is InChI=1S/C24H25N5O2/c1-13-23-21(31-14(2)25-23)11-17(24(13)30)18-5-6-20-19(27-18)7-8-22(28-20)29-10-9-16(12-29)26-15-3-4-15/h5-8,11,15-16,26,30H,3-4,9-10,12H2,1-2H3/t16-/m0/s1. The number of anilines is 1. The second kappa shape index (κ2) is 6.92. The fourth-order valence-corrected chi connectivity index (χ4v) is 4.53. The van der Waals surface area contributed by atoms with Crippen molar-refractivity contribution in [2.45, 2.75) is 45.2 Å². The zero-order valence-electron chi connectivity index (χ0n) is 17.7. The van der Waals surface area contributed by atoms with E-state index in [-0.39, 0.29) is 5.75 Å². The molecule has 0 amide bonds. The monoisotopic (exact) mass is 415 g/mol. The molecule has 31 heavy (non-hydrogen) atoms. The third-order valence-corrected chi connectivity index (χ3v) is 6.37. The number of nitrogens with one attached hydrogen (secondary N) is 1. The molecule has 7 heteroatoms. The van der Waals surface area contributed by atoms with Crippen LogP contribution in [0.5, 0.6) is 5.75 Å². The molecule has 1 saturated carbocycles. The number of phenols is 1. The summed E-state index contributed by atoms with van der Waals surface area (Å²) in [7, 11) is 0. The number of benzene rings is 1. The van der Waals surface area contributed by atoms with Crippen molar-refractivity contribution in [3.63, 3.8) is 0 Å². The van der Waals surface area contributed by atoms with Crippen LogP contribution in [0.1, 0.15) is 30.7 Å². The fourth-order valence-electron chi connectivity index (χ4n) is 4.53. The summed E-state index contributed by atoms with van der Waals surface area (Å²) < 4.78 is 5.69. The molecule has 2 fully saturated rings. The SMILES string of the molecule is Cc1nc2c(C)c(O)c(-c3ccc4nc(N5CC[C@H](NC6CC6)C5)ccc4n3)cc2o1. The van der Waals surface area contributed by atoms with Gasteiger partial charge < -0.3 is 19.7 Å². The molecule has 0 unspecified atom stereocenters. The molecule has 2 N–H and O–H groups in total. The first kappa shape index (κ1) is 18.6. The summed E-state index contributed by atoms with van der Waals surface area (Å²) in [6, 6.07) is 11.1. The first-order valence-corrected chi connectivity index (χ1v) is 10.9. The smallest absolute Gasteiger partial charge is 0.192 e. The Morgan fingerprint density at radius 3 is 2.65 bits per heavy atom. The van der Waals surface area contributed by atoms with Gasteiger partial charge in [-0.25, -0.2) is 15.0 Å². The molecule has 158 valence electrons. The van der Waals surface area contributed by atoms with Crippen LogP contribution >= 0.6 is 0 Å². The van der Waals surface area contributed by atoms with E-state index in [0.717, 1.165) is 42.4 Å². The summed E-state index contributed by atoms with van der Waals surface area (Å²) in [6.07, 6.45) is 3.79. The normalized spacial score (nSPS) is 19.0. The molecule has 2 aliphatic rings. The van der Waals surface area contributed by atoms with Gasteiger partial charge in [0.2, 0.25) is 0 Å². The molecular formula is C24H25N5O2. The highest BCUT2D eigenvalue weighted by atomic mass is 16.3. The average molecular weight is 415 g/mol. The number of aryl methyl sites for hydroxylation is 2. The Morgan fingerprint density at radius 2 is 1.81 bits per heavy atom. The van der Waals surface area contributed by atoms with Gasteiger partial charge in [0.15, 0.2) is 11.5 Å². The van der Waals surface area contributed by atoms with Crippen molar-refractivity contribution < 1.29 is 9.52 Å². The third kappa shape index (κ3) is 3.29. The Hall–Kier alpha value is -3.19. The molecule has 3 aromatic heterocycles. The largest absolute Gasteiger partial charge is 0.507 e. The molecule has 0 bridgehead atoms. The Bertz CT molecular complexity index is 1310. The summed E-state index contributed by atoms with van der Waals surface area (Å²) in [4.78, 5) is 16.3. The predicted molar refractivity (Wildman–Crippen MR) is 120 cm³/mol. The zero-order chi connectivity index (χ0) is 21.1. The van der Waals surface area contributed by atoms with Gasteiger partial charge in [-0.05, 0) is 56.5 Å². The van der Waals surface area contributed by atoms with Gasteiger partial charge in [0, 0.05) is 43.2 Å². The second-order valence-corrected chi connectivity index (χ2v) is 8.75. The number of nitrogens with zero attached hydrogens (tertiary/aromatic N) is 4.